The molecule has 0 aromatic rings. The van der Waals surface area contributed by atoms with E-state index >= 15 is 0 Å². The molecule has 1 rings (SSSR count). The summed E-state index contributed by atoms with van der Waals surface area (Å²) >= 11 is -2.60. The fourth-order valence-corrected chi connectivity index (χ4v) is 24.7. The molecular weight excluding hydrogens is 459 g/mol. The fraction of sp³-hybridized carbons (Fsp3) is 0.957. The van der Waals surface area contributed by atoms with Crippen molar-refractivity contribution in [1.29, 1.82) is 0 Å². The van der Waals surface area contributed by atoms with E-state index in [4.69, 9.17) is 14.5 Å². The van der Waals surface area contributed by atoms with E-state index in [2.05, 4.69) is 27.7 Å². The van der Waals surface area contributed by atoms with Crippen LogP contribution in [-0.4, -0.2) is 43.7 Å². The molecule has 1 aliphatic heterocycles. The van der Waals surface area contributed by atoms with Gasteiger partial charge >= 0.3 is 179 Å². The van der Waals surface area contributed by atoms with Gasteiger partial charge in [0.05, 0.1) is 0 Å². The zero-order valence-electron chi connectivity index (χ0n) is 19.3. The third kappa shape index (κ3) is 8.14. The summed E-state index contributed by atoms with van der Waals surface area (Å²) in [4.78, 5) is 24.0. The summed E-state index contributed by atoms with van der Waals surface area (Å²) in [5.41, 5.74) is 0. The Morgan fingerprint density at radius 3 is 1.75 bits per heavy atom. The minimum absolute atomic E-state index is 0.0829. The van der Waals surface area contributed by atoms with Crippen LogP contribution in [-0.2, 0) is 19.3 Å². The maximum absolute atomic E-state index is 12.1. The van der Waals surface area contributed by atoms with Crippen molar-refractivity contribution < 1.29 is 19.3 Å². The van der Waals surface area contributed by atoms with Gasteiger partial charge in [0.1, 0.15) is 0 Å². The van der Waals surface area contributed by atoms with Crippen molar-refractivity contribution in [3.8, 4) is 0 Å². The van der Waals surface area contributed by atoms with Crippen molar-refractivity contribution in [2.24, 2.45) is 0 Å². The van der Waals surface area contributed by atoms with Crippen LogP contribution in [0, 0.1) is 0 Å². The van der Waals surface area contributed by atoms with Gasteiger partial charge in [-0.2, -0.15) is 0 Å². The van der Waals surface area contributed by atoms with Gasteiger partial charge in [0.15, 0.2) is 0 Å². The van der Waals surface area contributed by atoms with Gasteiger partial charge in [-0.1, -0.05) is 0 Å². The van der Waals surface area contributed by atoms with E-state index in [0.717, 1.165) is 6.42 Å². The van der Waals surface area contributed by atoms with Crippen LogP contribution < -0.4 is 0 Å². The molecule has 0 aromatic heterocycles. The van der Waals surface area contributed by atoms with Gasteiger partial charge in [-0.15, -0.1) is 0 Å². The predicted octanol–water partition coefficient (Wildman–Crippen LogP) is 7.05. The number of unbranched alkanes of at least 4 members (excludes halogenated alkanes) is 5. The Kier molecular flexibility index (Phi) is 14.1. The average Bonchev–Trinajstić information content (AvgIpc) is 3.11. The van der Waals surface area contributed by atoms with E-state index in [0.29, 0.717) is 10.4 Å². The molecule has 5 heteroatoms. The Bertz CT molecular complexity index is 394. The summed E-state index contributed by atoms with van der Waals surface area (Å²) < 4.78 is 9.76. The van der Waals surface area contributed by atoms with Crippen molar-refractivity contribution in [2.75, 3.05) is 7.11 Å². The molecule has 0 spiro atoms. The molecule has 0 aliphatic carbocycles. The SMILES string of the molecule is CCCCC[C@@H]1OO[C@H](CC(=O)OC)[C@H]1[Sn]([CH2]CCC)([CH2]CCC)[CH2]CCC. The third-order valence-electron chi connectivity index (χ3n) is 6.58. The number of hydrogen-bond acceptors (Lipinski definition) is 4. The van der Waals surface area contributed by atoms with Crippen LogP contribution in [0.2, 0.25) is 17.2 Å². The van der Waals surface area contributed by atoms with E-state index in [1.54, 1.807) is 0 Å². The maximum atomic E-state index is 12.1. The summed E-state index contributed by atoms with van der Waals surface area (Å²) in [6, 6.07) is 0. The van der Waals surface area contributed by atoms with E-state index in [1.807, 2.05) is 0 Å². The van der Waals surface area contributed by atoms with Crippen LogP contribution in [0.15, 0.2) is 0 Å². The first kappa shape index (κ1) is 26.2. The first-order valence-corrected chi connectivity index (χ1v) is 19.7. The van der Waals surface area contributed by atoms with Crippen molar-refractivity contribution in [3.63, 3.8) is 0 Å². The Morgan fingerprint density at radius 1 is 0.786 bits per heavy atom. The standard InChI is InChI=1S/C11H19O4.3C4H9.Sn/c1-3-4-5-6-9-7-10(15-14-9)8-11(12)13-2;3*1-3-4-2;/h7,9-10H,3-6,8H2,1-2H3;3*1,3-4H2,2H3;/t9-,10-;;;;/m0..../s1. The van der Waals surface area contributed by atoms with Crippen molar-refractivity contribution in [2.45, 2.75) is 128 Å². The molecule has 0 saturated carbocycles. The second-order valence-corrected chi connectivity index (χ2v) is 22.7. The molecule has 166 valence electrons. The second kappa shape index (κ2) is 15.1. The third-order valence-corrected chi connectivity index (χ3v) is 24.3. The molecule has 1 fully saturated rings. The first-order chi connectivity index (χ1) is 13.6. The summed E-state index contributed by atoms with van der Waals surface area (Å²) in [5.74, 6) is -0.158. The topological polar surface area (TPSA) is 44.8 Å². The number of rotatable bonds is 16. The normalized spacial score (nSPS) is 22.5. The summed E-state index contributed by atoms with van der Waals surface area (Å²) in [6.07, 6.45) is 13.0. The van der Waals surface area contributed by atoms with Crippen LogP contribution in [0.1, 0.15) is 98.3 Å². The van der Waals surface area contributed by atoms with Gasteiger partial charge in [-0.25, -0.2) is 0 Å². The minimum atomic E-state index is -2.60. The molecule has 4 nitrogen and oxygen atoms in total. The quantitative estimate of drug-likeness (QED) is 0.0977. The number of carbonyl (C=O) groups excluding carboxylic acids is 1. The van der Waals surface area contributed by atoms with Crippen molar-refractivity contribution in [3.05, 3.63) is 0 Å². The van der Waals surface area contributed by atoms with E-state index in [1.165, 1.54) is 78.2 Å². The van der Waals surface area contributed by atoms with Gasteiger partial charge in [0.2, 0.25) is 0 Å². The summed E-state index contributed by atoms with van der Waals surface area (Å²) in [7, 11) is 1.48. The molecule has 0 aromatic carbocycles. The molecule has 0 N–H and O–H groups in total. The van der Waals surface area contributed by atoms with Gasteiger partial charge in [0, 0.05) is 0 Å². The number of ether oxygens (including phenoxy) is 1. The Balaban J connectivity index is 3.17. The number of hydrogen-bond donors (Lipinski definition) is 0. The molecule has 28 heavy (non-hydrogen) atoms. The molecule has 1 heterocycles. The Hall–Kier alpha value is 0.189. The molecule has 1 aliphatic rings. The van der Waals surface area contributed by atoms with Crippen LogP contribution >= 0.6 is 0 Å². The van der Waals surface area contributed by atoms with E-state index in [9.17, 15) is 4.79 Å². The van der Waals surface area contributed by atoms with Gasteiger partial charge in [0.25, 0.3) is 0 Å². The number of carbonyl (C=O) groups is 1. The molecular formula is C23H46O4Sn. The van der Waals surface area contributed by atoms with E-state index < -0.39 is 18.4 Å². The van der Waals surface area contributed by atoms with Crippen LogP contribution in [0.5, 0.6) is 0 Å². The zero-order chi connectivity index (χ0) is 20.8. The molecule has 3 atom stereocenters. The Labute approximate surface area is 178 Å². The van der Waals surface area contributed by atoms with Gasteiger partial charge < -0.3 is 0 Å². The molecule has 1 saturated heterocycles. The summed E-state index contributed by atoms with van der Waals surface area (Å²) in [5, 5.41) is 0. The average molecular weight is 505 g/mol. The first-order valence-electron chi connectivity index (χ1n) is 12.0. The monoisotopic (exact) mass is 506 g/mol. The van der Waals surface area contributed by atoms with Crippen LogP contribution in [0.3, 0.4) is 0 Å². The Morgan fingerprint density at radius 2 is 1.29 bits per heavy atom. The predicted molar refractivity (Wildman–Crippen MR) is 119 cm³/mol. The molecule has 0 bridgehead atoms. The zero-order valence-corrected chi connectivity index (χ0v) is 22.1. The molecule has 0 amide bonds. The number of methoxy groups -OCH3 is 1. The molecule has 0 radical (unpaired) electrons. The van der Waals surface area contributed by atoms with E-state index in [-0.39, 0.29) is 18.2 Å². The summed E-state index contributed by atoms with van der Waals surface area (Å²) in [6.45, 7) is 9.17. The van der Waals surface area contributed by atoms with Crippen molar-refractivity contribution in [1.82, 2.24) is 0 Å². The van der Waals surface area contributed by atoms with Crippen LogP contribution in [0.25, 0.3) is 0 Å². The number of esters is 1. The van der Waals surface area contributed by atoms with Crippen LogP contribution in [0.4, 0.5) is 0 Å². The van der Waals surface area contributed by atoms with Gasteiger partial charge in [-0.3, -0.25) is 0 Å². The fourth-order valence-electron chi connectivity index (χ4n) is 4.98. The van der Waals surface area contributed by atoms with Crippen molar-refractivity contribution >= 4 is 24.3 Å². The molecule has 0 unspecified atom stereocenters. The van der Waals surface area contributed by atoms with Gasteiger partial charge in [-0.05, 0) is 0 Å². The second-order valence-electron chi connectivity index (χ2n) is 8.74.